The van der Waals surface area contributed by atoms with Crippen LogP contribution in [0.1, 0.15) is 18.1 Å². The second-order valence-electron chi connectivity index (χ2n) is 4.51. The largest absolute Gasteiger partial charge is 0.295 e. The van der Waals surface area contributed by atoms with E-state index in [0.717, 1.165) is 15.7 Å². The molecule has 0 saturated heterocycles. The van der Waals surface area contributed by atoms with E-state index in [0.29, 0.717) is 11.3 Å². The molecule has 0 aliphatic carbocycles. The first-order valence-electron chi connectivity index (χ1n) is 6.15. The van der Waals surface area contributed by atoms with Gasteiger partial charge in [-0.15, -0.1) is 11.6 Å². The zero-order valence-electron chi connectivity index (χ0n) is 10.6. The number of aromatic nitrogens is 2. The summed E-state index contributed by atoms with van der Waals surface area (Å²) in [6, 6.07) is 12.7. The fourth-order valence-electron chi connectivity index (χ4n) is 2.21. The number of fused-ring (bicyclic) bond motifs is 1. The van der Waals surface area contributed by atoms with E-state index in [1.807, 2.05) is 41.8 Å². The van der Waals surface area contributed by atoms with Crippen molar-refractivity contribution in [1.82, 2.24) is 9.55 Å². The average Bonchev–Trinajstić information content (AvgIpc) is 2.81. The van der Waals surface area contributed by atoms with Crippen LogP contribution in [-0.2, 0) is 0 Å². The van der Waals surface area contributed by atoms with E-state index in [9.17, 15) is 4.39 Å². The van der Waals surface area contributed by atoms with Crippen LogP contribution in [0, 0.1) is 5.82 Å². The fourth-order valence-corrected chi connectivity index (χ4v) is 2.62. The highest BCUT2D eigenvalue weighted by Crippen LogP contribution is 2.29. The van der Waals surface area contributed by atoms with Crippen LogP contribution in [0.2, 0.25) is 0 Å². The second-order valence-corrected chi connectivity index (χ2v) is 6.08. The molecule has 0 saturated carbocycles. The van der Waals surface area contributed by atoms with E-state index >= 15 is 0 Å². The summed E-state index contributed by atoms with van der Waals surface area (Å²) in [5.41, 5.74) is 1.97. The molecule has 0 aliphatic heterocycles. The molecule has 0 fully saturated rings. The molecule has 0 aliphatic rings. The maximum Gasteiger partial charge on any atom is 0.151 e. The summed E-state index contributed by atoms with van der Waals surface area (Å²) >= 11 is 9.60. The van der Waals surface area contributed by atoms with Crippen LogP contribution in [0.5, 0.6) is 0 Å². The van der Waals surface area contributed by atoms with Crippen LogP contribution in [0.3, 0.4) is 0 Å². The highest BCUT2D eigenvalue weighted by molar-refractivity contribution is 9.10. The minimum absolute atomic E-state index is 0.314. The molecule has 5 heteroatoms. The monoisotopic (exact) mass is 352 g/mol. The lowest BCUT2D eigenvalue weighted by atomic mass is 10.2. The van der Waals surface area contributed by atoms with Crippen LogP contribution in [0.4, 0.5) is 4.39 Å². The normalized spacial score (nSPS) is 12.8. The molecule has 0 N–H and O–H groups in total. The summed E-state index contributed by atoms with van der Waals surface area (Å²) in [6.07, 6.45) is 0. The smallest absolute Gasteiger partial charge is 0.151 e. The van der Waals surface area contributed by atoms with Crippen molar-refractivity contribution in [1.29, 1.82) is 0 Å². The van der Waals surface area contributed by atoms with Crippen molar-refractivity contribution in [2.45, 2.75) is 12.3 Å². The van der Waals surface area contributed by atoms with Crippen LogP contribution in [-0.4, -0.2) is 9.55 Å². The van der Waals surface area contributed by atoms with Crippen molar-refractivity contribution in [3.8, 4) is 5.69 Å². The zero-order valence-corrected chi connectivity index (χ0v) is 13.0. The van der Waals surface area contributed by atoms with Crippen molar-refractivity contribution < 1.29 is 4.39 Å². The lowest BCUT2D eigenvalue weighted by Gasteiger charge is -2.10. The van der Waals surface area contributed by atoms with Gasteiger partial charge in [0.05, 0.1) is 10.9 Å². The molecule has 102 valence electrons. The third-order valence-corrected chi connectivity index (χ3v) is 3.83. The number of hydrogen-bond donors (Lipinski definition) is 0. The molecule has 2 aromatic carbocycles. The van der Waals surface area contributed by atoms with Gasteiger partial charge in [-0.05, 0) is 43.3 Å². The molecule has 20 heavy (non-hydrogen) atoms. The molecule has 3 rings (SSSR count). The molecule has 1 aromatic heterocycles. The summed E-state index contributed by atoms with van der Waals surface area (Å²) in [7, 11) is 0. The Bertz CT molecular complexity index is 765. The molecule has 1 unspecified atom stereocenters. The number of hydrogen-bond acceptors (Lipinski definition) is 1. The quantitative estimate of drug-likeness (QED) is 0.577. The Balaban J connectivity index is 2.35. The summed E-state index contributed by atoms with van der Waals surface area (Å²) in [4.78, 5) is 4.35. The first-order chi connectivity index (χ1) is 9.58. The maximum atomic E-state index is 13.9. The third-order valence-electron chi connectivity index (χ3n) is 3.10. The van der Waals surface area contributed by atoms with Gasteiger partial charge in [0.2, 0.25) is 0 Å². The highest BCUT2D eigenvalue weighted by atomic mass is 79.9. The first kappa shape index (κ1) is 13.6. The van der Waals surface area contributed by atoms with Gasteiger partial charge in [-0.2, -0.15) is 0 Å². The number of para-hydroxylation sites is 1. The van der Waals surface area contributed by atoms with Crippen molar-refractivity contribution in [2.24, 2.45) is 0 Å². The van der Waals surface area contributed by atoms with E-state index in [1.165, 1.54) is 6.07 Å². The van der Waals surface area contributed by atoms with E-state index in [2.05, 4.69) is 20.9 Å². The van der Waals surface area contributed by atoms with E-state index in [1.54, 1.807) is 6.07 Å². The SMILES string of the molecule is CC(Cl)c1nc2c(F)cccc2n1-c1ccc(Br)cc1. The van der Waals surface area contributed by atoms with Crippen molar-refractivity contribution in [3.63, 3.8) is 0 Å². The van der Waals surface area contributed by atoms with Crippen LogP contribution in [0.15, 0.2) is 46.9 Å². The number of imidazole rings is 1. The van der Waals surface area contributed by atoms with Gasteiger partial charge in [-0.25, -0.2) is 9.37 Å². The number of benzene rings is 2. The number of nitrogens with zero attached hydrogens (tertiary/aromatic N) is 2. The van der Waals surface area contributed by atoms with Crippen molar-refractivity contribution in [2.75, 3.05) is 0 Å². The number of alkyl halides is 1. The zero-order chi connectivity index (χ0) is 14.3. The van der Waals surface area contributed by atoms with Gasteiger partial charge in [0.1, 0.15) is 11.3 Å². The lowest BCUT2D eigenvalue weighted by molar-refractivity contribution is 0.637. The average molecular weight is 354 g/mol. The van der Waals surface area contributed by atoms with E-state index in [4.69, 9.17) is 11.6 Å². The van der Waals surface area contributed by atoms with Gasteiger partial charge in [0.15, 0.2) is 5.82 Å². The summed E-state index contributed by atoms with van der Waals surface area (Å²) < 4.78 is 16.8. The van der Waals surface area contributed by atoms with Crippen LogP contribution >= 0.6 is 27.5 Å². The Morgan fingerprint density at radius 1 is 1.20 bits per heavy atom. The van der Waals surface area contributed by atoms with E-state index < -0.39 is 0 Å². The molecular weight excluding hydrogens is 343 g/mol. The molecule has 0 radical (unpaired) electrons. The van der Waals surface area contributed by atoms with Crippen molar-refractivity contribution in [3.05, 3.63) is 58.6 Å². The lowest BCUT2D eigenvalue weighted by Crippen LogP contribution is -2.01. The van der Waals surface area contributed by atoms with Gasteiger partial charge in [0.25, 0.3) is 0 Å². The van der Waals surface area contributed by atoms with Crippen molar-refractivity contribution >= 4 is 38.6 Å². The Hall–Kier alpha value is -1.39. The van der Waals surface area contributed by atoms with Crippen LogP contribution < -0.4 is 0 Å². The van der Waals surface area contributed by atoms with Gasteiger partial charge in [-0.3, -0.25) is 4.57 Å². The molecular formula is C15H11BrClFN2. The van der Waals surface area contributed by atoms with Gasteiger partial charge >= 0.3 is 0 Å². The Kier molecular flexibility index (Phi) is 3.52. The summed E-state index contributed by atoms with van der Waals surface area (Å²) in [5.74, 6) is 0.297. The first-order valence-corrected chi connectivity index (χ1v) is 7.38. The molecule has 0 amide bonds. The minimum atomic E-state index is -0.336. The third kappa shape index (κ3) is 2.23. The maximum absolute atomic E-state index is 13.9. The predicted octanol–water partition coefficient (Wildman–Crippen LogP) is 5.23. The predicted molar refractivity (Wildman–Crippen MR) is 83.0 cm³/mol. The Morgan fingerprint density at radius 2 is 1.90 bits per heavy atom. The molecule has 0 spiro atoms. The van der Waals surface area contributed by atoms with Gasteiger partial charge in [-0.1, -0.05) is 22.0 Å². The second kappa shape index (κ2) is 5.19. The van der Waals surface area contributed by atoms with E-state index in [-0.39, 0.29) is 11.2 Å². The molecule has 2 nitrogen and oxygen atoms in total. The Morgan fingerprint density at radius 3 is 2.55 bits per heavy atom. The summed E-state index contributed by atoms with van der Waals surface area (Å²) in [5, 5.41) is -0.314. The number of rotatable bonds is 2. The molecule has 1 heterocycles. The standard InChI is InChI=1S/C15H11BrClFN2/c1-9(17)15-19-14-12(18)3-2-4-13(14)20(15)11-7-5-10(16)6-8-11/h2-9H,1H3. The number of halogens is 3. The molecule has 0 bridgehead atoms. The molecule has 1 atom stereocenters. The molecule has 3 aromatic rings. The summed E-state index contributed by atoms with van der Waals surface area (Å²) in [6.45, 7) is 1.83. The minimum Gasteiger partial charge on any atom is -0.295 e. The van der Waals surface area contributed by atoms with Crippen LogP contribution in [0.25, 0.3) is 16.7 Å². The topological polar surface area (TPSA) is 17.8 Å². The van der Waals surface area contributed by atoms with Gasteiger partial charge in [0, 0.05) is 10.2 Å². The fraction of sp³-hybridized carbons (Fsp3) is 0.133. The highest BCUT2D eigenvalue weighted by Gasteiger charge is 2.18. The Labute approximate surface area is 129 Å². The van der Waals surface area contributed by atoms with Gasteiger partial charge < -0.3 is 0 Å².